The van der Waals surface area contributed by atoms with E-state index >= 15 is 0 Å². The van der Waals surface area contributed by atoms with Gasteiger partial charge < -0.3 is 10.4 Å². The molecule has 1 aromatic carbocycles. The first-order valence-electron chi connectivity index (χ1n) is 7.08. The number of aliphatic imine (C=N–C) groups is 1. The van der Waals surface area contributed by atoms with E-state index in [1.807, 2.05) is 19.2 Å². The molecule has 0 heterocycles. The molecule has 0 bridgehead atoms. The van der Waals surface area contributed by atoms with E-state index in [0.717, 1.165) is 31.4 Å². The van der Waals surface area contributed by atoms with Gasteiger partial charge in [0.25, 0.3) is 0 Å². The van der Waals surface area contributed by atoms with Crippen molar-refractivity contribution in [1.29, 1.82) is 0 Å². The molecule has 112 valence electrons. The third-order valence-electron chi connectivity index (χ3n) is 3.20. The molecule has 0 aromatic heterocycles. The molecular weight excluding hydrogens is 252 g/mol. The molecule has 1 atom stereocenters. The zero-order valence-electron chi connectivity index (χ0n) is 12.3. The monoisotopic (exact) mass is 278 g/mol. The smallest absolute Gasteiger partial charge is 0.131 e. The zero-order valence-corrected chi connectivity index (χ0v) is 12.3. The number of para-hydroxylation sites is 1. The quantitative estimate of drug-likeness (QED) is 0.539. The van der Waals surface area contributed by atoms with E-state index in [4.69, 9.17) is 0 Å². The average Bonchev–Trinajstić information content (AvgIpc) is 2.42. The Morgan fingerprint density at radius 2 is 2.20 bits per heavy atom. The van der Waals surface area contributed by atoms with Crippen molar-refractivity contribution in [3.05, 3.63) is 29.8 Å². The lowest BCUT2D eigenvalue weighted by molar-refractivity contribution is -0.117. The van der Waals surface area contributed by atoms with Crippen LogP contribution in [0, 0.1) is 0 Å². The summed E-state index contributed by atoms with van der Waals surface area (Å²) in [7, 11) is 1.89. The van der Waals surface area contributed by atoms with Gasteiger partial charge in [0.1, 0.15) is 11.5 Å². The Morgan fingerprint density at radius 3 is 2.85 bits per heavy atom. The van der Waals surface area contributed by atoms with Crippen molar-refractivity contribution >= 4 is 12.0 Å². The molecule has 0 spiro atoms. The molecule has 0 saturated heterocycles. The first-order valence-corrected chi connectivity index (χ1v) is 7.08. The van der Waals surface area contributed by atoms with Crippen molar-refractivity contribution in [3.63, 3.8) is 0 Å². The minimum atomic E-state index is 0. The summed E-state index contributed by atoms with van der Waals surface area (Å²) >= 11 is 0. The molecule has 4 heteroatoms. The fraction of sp³-hybridized carbons (Fsp3) is 0.500. The lowest BCUT2D eigenvalue weighted by atomic mass is 10.0. The normalized spacial score (nSPS) is 12.7. The van der Waals surface area contributed by atoms with E-state index in [-0.39, 0.29) is 19.0 Å². The molecule has 0 amide bonds. The molecule has 0 aliphatic rings. The third kappa shape index (κ3) is 6.48. The Bertz CT molecular complexity index is 450. The molecule has 0 fully saturated rings. The Labute approximate surface area is 122 Å². The highest BCUT2D eigenvalue weighted by atomic mass is 16.3. The van der Waals surface area contributed by atoms with Gasteiger partial charge in [-0.25, -0.2) is 0 Å². The molecule has 1 aromatic rings. The number of phenols is 1. The van der Waals surface area contributed by atoms with Gasteiger partial charge in [-0.05, 0) is 38.9 Å². The molecule has 1 rings (SSSR count). The van der Waals surface area contributed by atoms with Gasteiger partial charge in [-0.1, -0.05) is 18.6 Å². The van der Waals surface area contributed by atoms with Crippen molar-refractivity contribution in [2.45, 2.75) is 38.6 Å². The van der Waals surface area contributed by atoms with Gasteiger partial charge in [-0.2, -0.15) is 0 Å². The summed E-state index contributed by atoms with van der Waals surface area (Å²) in [5.41, 5.74) is 0.747. The van der Waals surface area contributed by atoms with Crippen LogP contribution in [0.15, 0.2) is 29.3 Å². The molecule has 2 N–H and O–H groups in total. The van der Waals surface area contributed by atoms with Crippen molar-refractivity contribution in [3.8, 4) is 5.75 Å². The number of ketones is 1. The van der Waals surface area contributed by atoms with Gasteiger partial charge in [0.15, 0.2) is 0 Å². The lowest BCUT2D eigenvalue weighted by Gasteiger charge is -2.13. The number of Topliss-reactive ketones (excluding diaryl/α,β-unsaturated/α-hetero) is 1. The fourth-order valence-electron chi connectivity index (χ4n) is 2.05. The minimum Gasteiger partial charge on any atom is -0.507 e. The highest BCUT2D eigenvalue weighted by Gasteiger charge is 2.07. The van der Waals surface area contributed by atoms with Gasteiger partial charge in [0.2, 0.25) is 0 Å². The van der Waals surface area contributed by atoms with E-state index in [2.05, 4.69) is 10.3 Å². The van der Waals surface area contributed by atoms with Crippen LogP contribution in [-0.2, 0) is 4.79 Å². The van der Waals surface area contributed by atoms with Crippen molar-refractivity contribution < 1.29 is 11.3 Å². The van der Waals surface area contributed by atoms with Crippen LogP contribution < -0.4 is 5.32 Å². The summed E-state index contributed by atoms with van der Waals surface area (Å²) in [6.45, 7) is 2.37. The number of benzene rings is 1. The lowest BCUT2D eigenvalue weighted by Crippen LogP contribution is -2.27. The number of rotatable bonds is 9. The SMILES string of the molecule is CNC(CCCCN=Cc1ccccc1O)CC(C)=O.[HH]. The Morgan fingerprint density at radius 1 is 1.45 bits per heavy atom. The predicted molar refractivity (Wildman–Crippen MR) is 84.7 cm³/mol. The zero-order chi connectivity index (χ0) is 14.8. The van der Waals surface area contributed by atoms with Gasteiger partial charge in [0.05, 0.1) is 0 Å². The van der Waals surface area contributed by atoms with Crippen LogP contribution >= 0.6 is 0 Å². The van der Waals surface area contributed by atoms with Crippen LogP contribution in [0.25, 0.3) is 0 Å². The number of aromatic hydroxyl groups is 1. The standard InChI is InChI=1S/C16H24N2O2.H2/c1-13(19)11-15(17-2)8-5-6-10-18-12-14-7-3-4-9-16(14)20;/h3-4,7,9,12,15,17,20H,5-6,8,10-11H2,1-2H3;1H. The van der Waals surface area contributed by atoms with Gasteiger partial charge >= 0.3 is 0 Å². The molecule has 0 aliphatic carbocycles. The summed E-state index contributed by atoms with van der Waals surface area (Å²) in [4.78, 5) is 15.4. The second-order valence-electron chi connectivity index (χ2n) is 4.98. The molecule has 0 saturated carbocycles. The van der Waals surface area contributed by atoms with Crippen LogP contribution in [0.3, 0.4) is 0 Å². The number of unbranched alkanes of at least 4 members (excludes halogenated alkanes) is 1. The van der Waals surface area contributed by atoms with E-state index < -0.39 is 0 Å². The van der Waals surface area contributed by atoms with E-state index in [1.54, 1.807) is 25.3 Å². The summed E-state index contributed by atoms with van der Waals surface area (Å²) in [5, 5.41) is 12.7. The Balaban J connectivity index is 0.00000400. The number of nitrogens with zero attached hydrogens (tertiary/aromatic N) is 1. The maximum Gasteiger partial charge on any atom is 0.131 e. The molecule has 4 nitrogen and oxygen atoms in total. The van der Waals surface area contributed by atoms with Crippen molar-refractivity contribution in [2.75, 3.05) is 13.6 Å². The maximum atomic E-state index is 11.0. The average molecular weight is 278 g/mol. The predicted octanol–water partition coefficient (Wildman–Crippen LogP) is 2.79. The molecular formula is C16H26N2O2. The van der Waals surface area contributed by atoms with Crippen molar-refractivity contribution in [1.82, 2.24) is 5.32 Å². The second-order valence-corrected chi connectivity index (χ2v) is 4.98. The van der Waals surface area contributed by atoms with Gasteiger partial charge in [0, 0.05) is 32.2 Å². The number of phenolic OH excluding ortho intramolecular Hbond substituents is 1. The van der Waals surface area contributed by atoms with Crippen LogP contribution in [-0.4, -0.2) is 36.7 Å². The highest BCUT2D eigenvalue weighted by molar-refractivity contribution is 5.83. The number of carbonyl (C=O) groups is 1. The number of hydrogen-bond acceptors (Lipinski definition) is 4. The topological polar surface area (TPSA) is 61.7 Å². The summed E-state index contributed by atoms with van der Waals surface area (Å²) < 4.78 is 0. The Hall–Kier alpha value is -1.68. The third-order valence-corrected chi connectivity index (χ3v) is 3.20. The van der Waals surface area contributed by atoms with Crippen LogP contribution in [0.2, 0.25) is 0 Å². The molecule has 0 aliphatic heterocycles. The first kappa shape index (κ1) is 16.4. The molecule has 0 radical (unpaired) electrons. The molecule has 20 heavy (non-hydrogen) atoms. The summed E-state index contributed by atoms with van der Waals surface area (Å²) in [6, 6.07) is 7.43. The van der Waals surface area contributed by atoms with Crippen LogP contribution in [0.5, 0.6) is 5.75 Å². The Kier molecular flexibility index (Phi) is 7.58. The van der Waals surface area contributed by atoms with Crippen LogP contribution in [0.4, 0.5) is 0 Å². The number of hydrogen-bond donors (Lipinski definition) is 2. The van der Waals surface area contributed by atoms with E-state index in [1.165, 1.54) is 0 Å². The number of carbonyl (C=O) groups excluding carboxylic acids is 1. The highest BCUT2D eigenvalue weighted by Crippen LogP contribution is 2.12. The second kappa shape index (κ2) is 9.26. The van der Waals surface area contributed by atoms with Crippen molar-refractivity contribution in [2.24, 2.45) is 4.99 Å². The largest absolute Gasteiger partial charge is 0.507 e. The number of nitrogens with one attached hydrogen (secondary N) is 1. The maximum absolute atomic E-state index is 11.0. The van der Waals surface area contributed by atoms with Gasteiger partial charge in [-0.15, -0.1) is 0 Å². The summed E-state index contributed by atoms with van der Waals surface area (Å²) in [5.74, 6) is 0.481. The fourth-order valence-corrected chi connectivity index (χ4v) is 2.05. The minimum absolute atomic E-state index is 0. The van der Waals surface area contributed by atoms with Gasteiger partial charge in [-0.3, -0.25) is 9.79 Å². The summed E-state index contributed by atoms with van der Waals surface area (Å²) in [6.07, 6.45) is 5.32. The van der Waals surface area contributed by atoms with Crippen LogP contribution in [0.1, 0.15) is 39.6 Å². The van der Waals surface area contributed by atoms with E-state index in [0.29, 0.717) is 6.42 Å². The van der Waals surface area contributed by atoms with E-state index in [9.17, 15) is 9.90 Å². The first-order chi connectivity index (χ1) is 9.63. The molecule has 1 unspecified atom stereocenters.